The highest BCUT2D eigenvalue weighted by atomic mass is 16.5. The second-order valence-electron chi connectivity index (χ2n) is 7.74. The minimum Gasteiger partial charge on any atom is -0.497 e. The maximum Gasteiger partial charge on any atom is 0.224 e. The molecule has 0 aliphatic carbocycles. The number of anilines is 3. The fourth-order valence-electron chi connectivity index (χ4n) is 4.38. The van der Waals surface area contributed by atoms with Crippen LogP contribution in [0.2, 0.25) is 0 Å². The Morgan fingerprint density at radius 2 is 1.86 bits per heavy atom. The molecule has 2 unspecified atom stereocenters. The Labute approximate surface area is 172 Å². The van der Waals surface area contributed by atoms with E-state index in [9.17, 15) is 4.79 Å². The number of amides is 1. The maximum atomic E-state index is 12.2. The first-order valence-corrected chi connectivity index (χ1v) is 10.2. The summed E-state index contributed by atoms with van der Waals surface area (Å²) in [6.45, 7) is 7.16. The van der Waals surface area contributed by atoms with Crippen molar-refractivity contribution in [2.75, 3.05) is 48.5 Å². The molecule has 0 bridgehead atoms. The summed E-state index contributed by atoms with van der Waals surface area (Å²) in [5, 5.41) is 3.67. The third-order valence-corrected chi connectivity index (χ3v) is 5.81. The van der Waals surface area contributed by atoms with E-state index in [1.54, 1.807) is 14.0 Å². The third-order valence-electron chi connectivity index (χ3n) is 5.81. The van der Waals surface area contributed by atoms with E-state index in [-0.39, 0.29) is 18.0 Å². The van der Waals surface area contributed by atoms with Crippen LogP contribution in [0.15, 0.2) is 42.5 Å². The molecule has 0 radical (unpaired) electrons. The highest BCUT2D eigenvalue weighted by Crippen LogP contribution is 2.41. The molecule has 2 aromatic carbocycles. The fraction of sp³-hybridized carbons (Fsp3) is 0.435. The zero-order valence-corrected chi connectivity index (χ0v) is 17.4. The van der Waals surface area contributed by atoms with E-state index in [2.05, 4.69) is 41.4 Å². The van der Waals surface area contributed by atoms with Crippen molar-refractivity contribution >= 4 is 23.0 Å². The van der Waals surface area contributed by atoms with Crippen LogP contribution in [0.25, 0.3) is 0 Å². The number of carbonyl (C=O) groups excluding carboxylic acids is 1. The summed E-state index contributed by atoms with van der Waals surface area (Å²) in [6, 6.07) is 14.8. The summed E-state index contributed by atoms with van der Waals surface area (Å²) in [7, 11) is 1.67. The van der Waals surface area contributed by atoms with E-state index in [1.165, 1.54) is 5.69 Å². The van der Waals surface area contributed by atoms with Gasteiger partial charge in [0.25, 0.3) is 0 Å². The average Bonchev–Trinajstić information content (AvgIpc) is 2.74. The summed E-state index contributed by atoms with van der Waals surface area (Å²) >= 11 is 0. The quantitative estimate of drug-likeness (QED) is 0.853. The standard InChI is InChI=1S/C23H29N3O3/c1-16-14-22(21-15-20(28-3)8-9-23(21)26(16)17(2)27)24-18-4-6-19(7-5-18)25-10-12-29-13-11-25/h4-9,15-16,22,24H,10-14H2,1-3H3. The molecule has 1 amide bonds. The number of benzene rings is 2. The van der Waals surface area contributed by atoms with Crippen LogP contribution in [0, 0.1) is 0 Å². The van der Waals surface area contributed by atoms with Crippen molar-refractivity contribution in [2.24, 2.45) is 0 Å². The number of methoxy groups -OCH3 is 1. The molecule has 2 aromatic rings. The van der Waals surface area contributed by atoms with Gasteiger partial charge in [0.1, 0.15) is 5.75 Å². The number of carbonyl (C=O) groups is 1. The molecule has 0 spiro atoms. The van der Waals surface area contributed by atoms with E-state index in [0.29, 0.717) is 0 Å². The number of nitrogens with one attached hydrogen (secondary N) is 1. The van der Waals surface area contributed by atoms with E-state index in [1.807, 2.05) is 23.1 Å². The second kappa shape index (κ2) is 8.33. The fourth-order valence-corrected chi connectivity index (χ4v) is 4.38. The van der Waals surface area contributed by atoms with Gasteiger partial charge >= 0.3 is 0 Å². The number of ether oxygens (including phenoxy) is 2. The monoisotopic (exact) mass is 395 g/mol. The van der Waals surface area contributed by atoms with Crippen molar-refractivity contribution in [3.63, 3.8) is 0 Å². The smallest absolute Gasteiger partial charge is 0.224 e. The first-order chi connectivity index (χ1) is 14.1. The van der Waals surface area contributed by atoms with Crippen LogP contribution in [-0.2, 0) is 9.53 Å². The van der Waals surface area contributed by atoms with Crippen LogP contribution in [0.5, 0.6) is 5.75 Å². The SMILES string of the molecule is COc1ccc2c(c1)C(Nc1ccc(N3CCOCC3)cc1)CC(C)N2C(C)=O. The summed E-state index contributed by atoms with van der Waals surface area (Å²) < 4.78 is 10.9. The Balaban J connectivity index is 1.58. The average molecular weight is 396 g/mol. The van der Waals surface area contributed by atoms with Crippen LogP contribution >= 0.6 is 0 Å². The summed E-state index contributed by atoms with van der Waals surface area (Å²) in [4.78, 5) is 16.5. The first kappa shape index (κ1) is 19.6. The lowest BCUT2D eigenvalue weighted by Gasteiger charge is -2.39. The number of rotatable bonds is 4. The molecule has 1 N–H and O–H groups in total. The summed E-state index contributed by atoms with van der Waals surface area (Å²) in [6.07, 6.45) is 0.838. The van der Waals surface area contributed by atoms with Gasteiger partial charge < -0.3 is 24.6 Å². The minimum atomic E-state index is 0.0669. The van der Waals surface area contributed by atoms with Crippen molar-refractivity contribution in [1.82, 2.24) is 0 Å². The number of hydrogen-bond donors (Lipinski definition) is 1. The lowest BCUT2D eigenvalue weighted by Crippen LogP contribution is -2.43. The zero-order valence-electron chi connectivity index (χ0n) is 17.4. The van der Waals surface area contributed by atoms with Crippen molar-refractivity contribution in [3.05, 3.63) is 48.0 Å². The molecule has 2 aliphatic rings. The van der Waals surface area contributed by atoms with Gasteiger partial charge in [-0.15, -0.1) is 0 Å². The van der Waals surface area contributed by atoms with Gasteiger partial charge in [-0.3, -0.25) is 4.79 Å². The van der Waals surface area contributed by atoms with Gasteiger partial charge in [0.15, 0.2) is 0 Å². The first-order valence-electron chi connectivity index (χ1n) is 10.2. The molecule has 154 valence electrons. The molecule has 0 saturated carbocycles. The van der Waals surface area contributed by atoms with Gasteiger partial charge in [-0.25, -0.2) is 0 Å². The van der Waals surface area contributed by atoms with Crippen LogP contribution in [-0.4, -0.2) is 45.4 Å². The predicted octanol–water partition coefficient (Wildman–Crippen LogP) is 3.83. The molecular formula is C23H29N3O3. The molecule has 2 heterocycles. The molecule has 6 nitrogen and oxygen atoms in total. The summed E-state index contributed by atoms with van der Waals surface area (Å²) in [5.41, 5.74) is 4.35. The minimum absolute atomic E-state index is 0.0669. The number of fused-ring (bicyclic) bond motifs is 1. The van der Waals surface area contributed by atoms with Gasteiger partial charge in [-0.05, 0) is 55.8 Å². The Morgan fingerprint density at radius 3 is 2.52 bits per heavy atom. The van der Waals surface area contributed by atoms with Gasteiger partial charge in [0.2, 0.25) is 5.91 Å². The van der Waals surface area contributed by atoms with Crippen molar-refractivity contribution in [3.8, 4) is 5.75 Å². The maximum absolute atomic E-state index is 12.2. The predicted molar refractivity (Wildman–Crippen MR) is 116 cm³/mol. The highest BCUT2D eigenvalue weighted by Gasteiger charge is 2.32. The second-order valence-corrected chi connectivity index (χ2v) is 7.74. The zero-order chi connectivity index (χ0) is 20.4. The van der Waals surface area contributed by atoms with Crippen molar-refractivity contribution in [1.29, 1.82) is 0 Å². The van der Waals surface area contributed by atoms with Crippen molar-refractivity contribution in [2.45, 2.75) is 32.4 Å². The van der Waals surface area contributed by atoms with E-state index in [0.717, 1.165) is 55.4 Å². The molecular weight excluding hydrogens is 366 g/mol. The molecule has 1 saturated heterocycles. The van der Waals surface area contributed by atoms with Crippen LogP contribution in [0.1, 0.15) is 31.9 Å². The molecule has 2 aliphatic heterocycles. The van der Waals surface area contributed by atoms with Crippen LogP contribution < -0.4 is 19.9 Å². The molecule has 6 heteroatoms. The highest BCUT2D eigenvalue weighted by molar-refractivity contribution is 5.94. The molecule has 0 aromatic heterocycles. The van der Waals surface area contributed by atoms with Crippen molar-refractivity contribution < 1.29 is 14.3 Å². The van der Waals surface area contributed by atoms with E-state index >= 15 is 0 Å². The van der Waals surface area contributed by atoms with Gasteiger partial charge in [-0.2, -0.15) is 0 Å². The lowest BCUT2D eigenvalue weighted by molar-refractivity contribution is -0.117. The molecule has 2 atom stereocenters. The Hall–Kier alpha value is -2.73. The number of hydrogen-bond acceptors (Lipinski definition) is 5. The van der Waals surface area contributed by atoms with Gasteiger partial charge in [0.05, 0.1) is 26.4 Å². The van der Waals surface area contributed by atoms with Crippen LogP contribution in [0.4, 0.5) is 17.1 Å². The molecule has 29 heavy (non-hydrogen) atoms. The van der Waals surface area contributed by atoms with Gasteiger partial charge in [-0.1, -0.05) is 0 Å². The Morgan fingerprint density at radius 1 is 1.14 bits per heavy atom. The normalized spacial score (nSPS) is 21.5. The number of morpholine rings is 1. The van der Waals surface area contributed by atoms with Gasteiger partial charge in [0, 0.05) is 48.7 Å². The Kier molecular flexibility index (Phi) is 5.62. The Bertz CT molecular complexity index is 862. The third kappa shape index (κ3) is 4.03. The van der Waals surface area contributed by atoms with Crippen LogP contribution in [0.3, 0.4) is 0 Å². The van der Waals surface area contributed by atoms with E-state index in [4.69, 9.17) is 9.47 Å². The lowest BCUT2D eigenvalue weighted by atomic mass is 9.91. The van der Waals surface area contributed by atoms with E-state index < -0.39 is 0 Å². The largest absolute Gasteiger partial charge is 0.497 e. The number of nitrogens with zero attached hydrogens (tertiary/aromatic N) is 2. The topological polar surface area (TPSA) is 54.0 Å². The molecule has 4 rings (SSSR count). The summed E-state index contributed by atoms with van der Waals surface area (Å²) in [5.74, 6) is 0.869. The molecule has 1 fully saturated rings.